The van der Waals surface area contributed by atoms with Crippen LogP contribution in [0.25, 0.3) is 11.3 Å². The number of hydrogen-bond acceptors (Lipinski definition) is 4. The van der Waals surface area contributed by atoms with Crippen LogP contribution in [0, 0.1) is 6.92 Å². The van der Waals surface area contributed by atoms with Crippen molar-refractivity contribution in [2.24, 2.45) is 0 Å². The van der Waals surface area contributed by atoms with E-state index in [-0.39, 0.29) is 22.6 Å². The molecule has 0 saturated heterocycles. The fraction of sp³-hybridized carbons (Fsp3) is 0.333. The van der Waals surface area contributed by atoms with Crippen LogP contribution in [0.15, 0.2) is 22.7 Å². The van der Waals surface area contributed by atoms with E-state index in [0.29, 0.717) is 5.56 Å². The van der Waals surface area contributed by atoms with Crippen LogP contribution in [0.3, 0.4) is 0 Å². The topological polar surface area (TPSA) is 83.6 Å². The zero-order chi connectivity index (χ0) is 15.1. The Morgan fingerprint density at radius 2 is 1.95 bits per heavy atom. The van der Waals surface area contributed by atoms with Crippen molar-refractivity contribution in [1.29, 1.82) is 0 Å². The predicted molar refractivity (Wildman–Crippen MR) is 74.0 cm³/mol. The third kappa shape index (κ3) is 2.39. The van der Waals surface area contributed by atoms with E-state index in [1.54, 1.807) is 0 Å². The molecule has 0 aliphatic rings. The number of aromatic nitrogens is 1. The number of phenols is 1. The summed E-state index contributed by atoms with van der Waals surface area (Å²) in [6, 6.07) is 5.05. The minimum atomic E-state index is -1.16. The predicted octanol–water partition coefficient (Wildman–Crippen LogP) is 3.35. The number of carboxylic acids is 1. The molecule has 0 unspecified atom stereocenters. The number of aryl methyl sites for hydroxylation is 1. The summed E-state index contributed by atoms with van der Waals surface area (Å²) < 4.78 is 5.05. The molecular weight excluding hydrogens is 258 g/mol. The maximum atomic E-state index is 10.9. The van der Waals surface area contributed by atoms with Gasteiger partial charge in [0.25, 0.3) is 0 Å². The number of benzene rings is 1. The van der Waals surface area contributed by atoms with Crippen molar-refractivity contribution in [2.75, 3.05) is 0 Å². The highest BCUT2D eigenvalue weighted by atomic mass is 16.5. The number of carboxylic acid groups (broad SMARTS) is 1. The molecule has 2 N–H and O–H groups in total. The highest BCUT2D eigenvalue weighted by Gasteiger charge is 2.24. The van der Waals surface area contributed by atoms with Crippen LogP contribution in [0.5, 0.6) is 5.75 Å². The molecule has 1 heterocycles. The summed E-state index contributed by atoms with van der Waals surface area (Å²) in [6.07, 6.45) is 0. The average molecular weight is 275 g/mol. The van der Waals surface area contributed by atoms with Gasteiger partial charge in [0.15, 0.2) is 11.5 Å². The molecule has 0 bridgehead atoms. The van der Waals surface area contributed by atoms with Gasteiger partial charge in [-0.2, -0.15) is 0 Å². The molecule has 1 aromatic heterocycles. The molecule has 0 aliphatic heterocycles. The zero-order valence-corrected chi connectivity index (χ0v) is 11.9. The summed E-state index contributed by atoms with van der Waals surface area (Å²) in [7, 11) is 0. The van der Waals surface area contributed by atoms with Crippen molar-refractivity contribution in [1.82, 2.24) is 5.16 Å². The average Bonchev–Trinajstić information content (AvgIpc) is 2.76. The number of nitrogens with zero attached hydrogens (tertiary/aromatic N) is 1. The first-order valence-electron chi connectivity index (χ1n) is 6.25. The Bertz CT molecular complexity index is 665. The maximum Gasteiger partial charge on any atom is 0.358 e. The second-order valence-corrected chi connectivity index (χ2v) is 5.79. The Morgan fingerprint density at radius 1 is 1.30 bits per heavy atom. The van der Waals surface area contributed by atoms with Crippen LogP contribution in [0.4, 0.5) is 0 Å². The SMILES string of the molecule is Cc1ccc(C(C)(C)C)c(O)c1-c1cc(C(=O)O)no1. The molecule has 0 amide bonds. The van der Waals surface area contributed by atoms with Crippen molar-refractivity contribution < 1.29 is 19.5 Å². The smallest absolute Gasteiger partial charge is 0.358 e. The lowest BCUT2D eigenvalue weighted by Crippen LogP contribution is -2.11. The lowest BCUT2D eigenvalue weighted by Gasteiger charge is -2.22. The van der Waals surface area contributed by atoms with Crippen LogP contribution in [0.2, 0.25) is 0 Å². The van der Waals surface area contributed by atoms with Gasteiger partial charge in [-0.25, -0.2) is 4.79 Å². The largest absolute Gasteiger partial charge is 0.507 e. The molecule has 0 aliphatic carbocycles. The summed E-state index contributed by atoms with van der Waals surface area (Å²) in [5.74, 6) is -0.807. The summed E-state index contributed by atoms with van der Waals surface area (Å²) in [5.41, 5.74) is 1.63. The van der Waals surface area contributed by atoms with E-state index in [2.05, 4.69) is 5.16 Å². The lowest BCUT2D eigenvalue weighted by atomic mass is 9.84. The molecule has 0 spiro atoms. The molecule has 20 heavy (non-hydrogen) atoms. The number of rotatable bonds is 2. The molecular formula is C15H17NO4. The minimum absolute atomic E-state index is 0.102. The van der Waals surface area contributed by atoms with Gasteiger partial charge >= 0.3 is 5.97 Å². The number of carbonyl (C=O) groups is 1. The third-order valence-electron chi connectivity index (χ3n) is 3.17. The van der Waals surface area contributed by atoms with E-state index >= 15 is 0 Å². The quantitative estimate of drug-likeness (QED) is 0.878. The Hall–Kier alpha value is -2.30. The second kappa shape index (κ2) is 4.67. The van der Waals surface area contributed by atoms with Crippen LogP contribution in [-0.2, 0) is 5.41 Å². The molecule has 2 rings (SSSR count). The van der Waals surface area contributed by atoms with Crippen LogP contribution in [-0.4, -0.2) is 21.3 Å². The van der Waals surface area contributed by atoms with E-state index in [9.17, 15) is 9.90 Å². The molecule has 2 aromatic rings. The third-order valence-corrected chi connectivity index (χ3v) is 3.17. The summed E-state index contributed by atoms with van der Waals surface area (Å²) in [4.78, 5) is 10.9. The van der Waals surface area contributed by atoms with Gasteiger partial charge in [-0.3, -0.25) is 0 Å². The molecule has 0 radical (unpaired) electrons. The molecule has 0 fully saturated rings. The number of aromatic hydroxyl groups is 1. The second-order valence-electron chi connectivity index (χ2n) is 5.79. The Kier molecular flexibility index (Phi) is 3.29. The van der Waals surface area contributed by atoms with Crippen LogP contribution in [0.1, 0.15) is 42.4 Å². The van der Waals surface area contributed by atoms with Gasteiger partial charge in [0.1, 0.15) is 5.75 Å². The Labute approximate surface area is 116 Å². The van der Waals surface area contributed by atoms with Gasteiger partial charge in [0.2, 0.25) is 0 Å². The van der Waals surface area contributed by atoms with Crippen molar-refractivity contribution >= 4 is 5.97 Å². The monoisotopic (exact) mass is 275 g/mol. The molecule has 0 saturated carbocycles. The highest BCUT2D eigenvalue weighted by Crippen LogP contribution is 2.40. The van der Waals surface area contributed by atoms with Gasteiger partial charge in [-0.05, 0) is 17.9 Å². The molecule has 106 valence electrons. The van der Waals surface area contributed by atoms with E-state index in [0.717, 1.165) is 11.1 Å². The fourth-order valence-corrected chi connectivity index (χ4v) is 2.10. The molecule has 5 nitrogen and oxygen atoms in total. The minimum Gasteiger partial charge on any atom is -0.507 e. The molecule has 0 atom stereocenters. The van der Waals surface area contributed by atoms with Crippen molar-refractivity contribution in [3.05, 3.63) is 35.0 Å². The van der Waals surface area contributed by atoms with Crippen molar-refractivity contribution in [3.8, 4) is 17.1 Å². The lowest BCUT2D eigenvalue weighted by molar-refractivity contribution is 0.0686. The Balaban J connectivity index is 2.63. The van der Waals surface area contributed by atoms with E-state index in [1.807, 2.05) is 39.8 Å². The van der Waals surface area contributed by atoms with Crippen molar-refractivity contribution in [2.45, 2.75) is 33.1 Å². The number of hydrogen-bond donors (Lipinski definition) is 2. The highest BCUT2D eigenvalue weighted by molar-refractivity contribution is 5.87. The Morgan fingerprint density at radius 3 is 2.45 bits per heavy atom. The van der Waals surface area contributed by atoms with Gasteiger partial charge in [0.05, 0.1) is 5.56 Å². The van der Waals surface area contributed by atoms with Crippen LogP contribution >= 0.6 is 0 Å². The molecule has 5 heteroatoms. The maximum absolute atomic E-state index is 10.9. The standard InChI is InChI=1S/C15H17NO4/c1-8-5-6-9(15(2,3)4)13(17)12(8)11-7-10(14(18)19)16-20-11/h5-7,17H,1-4H3,(H,18,19). The van der Waals surface area contributed by atoms with Crippen molar-refractivity contribution in [3.63, 3.8) is 0 Å². The summed E-state index contributed by atoms with van der Waals surface area (Å²) in [6.45, 7) is 7.79. The first-order chi connectivity index (χ1) is 9.21. The zero-order valence-electron chi connectivity index (χ0n) is 11.9. The fourth-order valence-electron chi connectivity index (χ4n) is 2.10. The van der Waals surface area contributed by atoms with Gasteiger partial charge in [-0.1, -0.05) is 38.1 Å². The number of aromatic carboxylic acids is 1. The molecule has 1 aromatic carbocycles. The normalized spacial score (nSPS) is 11.6. The van der Waals surface area contributed by atoms with E-state index < -0.39 is 5.97 Å². The number of phenolic OH excluding ortho intramolecular Hbond substituents is 1. The van der Waals surface area contributed by atoms with Gasteiger partial charge in [-0.15, -0.1) is 0 Å². The summed E-state index contributed by atoms with van der Waals surface area (Å²) >= 11 is 0. The van der Waals surface area contributed by atoms with E-state index in [1.165, 1.54) is 6.07 Å². The summed E-state index contributed by atoms with van der Waals surface area (Å²) in [5, 5.41) is 22.8. The van der Waals surface area contributed by atoms with E-state index in [4.69, 9.17) is 9.63 Å². The van der Waals surface area contributed by atoms with Gasteiger partial charge in [0, 0.05) is 11.6 Å². The van der Waals surface area contributed by atoms with Crippen LogP contribution < -0.4 is 0 Å². The van der Waals surface area contributed by atoms with Gasteiger partial charge < -0.3 is 14.7 Å². The first kappa shape index (κ1) is 14.1. The first-order valence-corrected chi connectivity index (χ1v) is 6.25.